The van der Waals surface area contributed by atoms with Crippen LogP contribution in [0.25, 0.3) is 0 Å². The smallest absolute Gasteiger partial charge is 0.410 e. The van der Waals surface area contributed by atoms with Gasteiger partial charge in [-0.15, -0.1) is 0 Å². The molecule has 1 aliphatic heterocycles. The molecule has 1 aromatic heterocycles. The molecule has 0 saturated carbocycles. The number of H-pyrrole nitrogens is 1. The second kappa shape index (κ2) is 8.56. The fourth-order valence-electron chi connectivity index (χ4n) is 3.13. The van der Waals surface area contributed by atoms with E-state index in [9.17, 15) is 4.79 Å². The number of ether oxygens (including phenoxy) is 2. The van der Waals surface area contributed by atoms with Crippen molar-refractivity contribution < 1.29 is 14.3 Å². The second-order valence-electron chi connectivity index (χ2n) is 7.60. The minimum absolute atomic E-state index is 0.0771. The first-order chi connectivity index (χ1) is 11.4. The highest BCUT2D eigenvalue weighted by Crippen LogP contribution is 2.24. The summed E-state index contributed by atoms with van der Waals surface area (Å²) in [5, 5.41) is 0. The van der Waals surface area contributed by atoms with E-state index in [1.165, 1.54) is 6.42 Å². The lowest BCUT2D eigenvalue weighted by Gasteiger charge is -2.37. The van der Waals surface area contributed by atoms with Crippen molar-refractivity contribution in [3.8, 4) is 0 Å². The number of nitrogens with one attached hydrogen (secondary N) is 1. The van der Waals surface area contributed by atoms with Crippen molar-refractivity contribution in [3.05, 3.63) is 24.0 Å². The summed E-state index contributed by atoms with van der Waals surface area (Å²) in [4.78, 5) is 17.5. The van der Waals surface area contributed by atoms with Gasteiger partial charge in [-0.25, -0.2) is 4.79 Å². The maximum absolute atomic E-state index is 12.4. The first-order valence-electron chi connectivity index (χ1n) is 9.11. The molecule has 2 heterocycles. The summed E-state index contributed by atoms with van der Waals surface area (Å²) in [6.07, 6.45) is 7.05. The largest absolute Gasteiger partial charge is 0.444 e. The zero-order chi connectivity index (χ0) is 17.6. The highest BCUT2D eigenvalue weighted by Gasteiger charge is 2.30. The van der Waals surface area contributed by atoms with Crippen molar-refractivity contribution in [2.75, 3.05) is 13.2 Å². The third kappa shape index (κ3) is 5.86. The van der Waals surface area contributed by atoms with Crippen LogP contribution in [0, 0.1) is 0 Å². The van der Waals surface area contributed by atoms with Crippen LogP contribution in [0.1, 0.15) is 71.6 Å². The Bertz CT molecular complexity index is 493. The molecule has 0 bridgehead atoms. The van der Waals surface area contributed by atoms with Crippen LogP contribution in [0.15, 0.2) is 18.3 Å². The van der Waals surface area contributed by atoms with Crippen LogP contribution in [0.4, 0.5) is 4.79 Å². The van der Waals surface area contributed by atoms with Gasteiger partial charge >= 0.3 is 6.09 Å². The maximum Gasteiger partial charge on any atom is 0.410 e. The van der Waals surface area contributed by atoms with E-state index in [0.717, 1.165) is 37.9 Å². The normalized spacial score (nSPS) is 20.0. The SMILES string of the molecule is CC(OCCCC1CCCCN1C(=O)OC(C)(C)C)c1ccc[nH]1. The first kappa shape index (κ1) is 18.8. The van der Waals surface area contributed by atoms with Gasteiger partial charge in [0.05, 0.1) is 6.10 Å². The fraction of sp³-hybridized carbons (Fsp3) is 0.737. The Morgan fingerprint density at radius 3 is 2.88 bits per heavy atom. The number of piperidine rings is 1. The predicted molar refractivity (Wildman–Crippen MR) is 95.0 cm³/mol. The molecule has 1 aromatic rings. The average molecular weight is 336 g/mol. The molecule has 1 N–H and O–H groups in total. The van der Waals surface area contributed by atoms with Crippen molar-refractivity contribution >= 4 is 6.09 Å². The third-order valence-corrected chi connectivity index (χ3v) is 4.36. The lowest BCUT2D eigenvalue weighted by atomic mass is 9.98. The average Bonchev–Trinajstić information content (AvgIpc) is 3.04. The molecule has 0 aliphatic carbocycles. The van der Waals surface area contributed by atoms with Gasteiger partial charge < -0.3 is 19.4 Å². The van der Waals surface area contributed by atoms with Crippen molar-refractivity contribution in [2.24, 2.45) is 0 Å². The predicted octanol–water partition coefficient (Wildman–Crippen LogP) is 4.66. The molecule has 1 amide bonds. The number of rotatable bonds is 6. The van der Waals surface area contributed by atoms with E-state index >= 15 is 0 Å². The van der Waals surface area contributed by atoms with E-state index in [-0.39, 0.29) is 18.2 Å². The van der Waals surface area contributed by atoms with Crippen molar-refractivity contribution in [3.63, 3.8) is 0 Å². The number of nitrogens with zero attached hydrogens (tertiary/aromatic N) is 1. The lowest BCUT2D eigenvalue weighted by molar-refractivity contribution is 0.00583. The zero-order valence-electron chi connectivity index (χ0n) is 15.5. The second-order valence-corrected chi connectivity index (χ2v) is 7.60. The monoisotopic (exact) mass is 336 g/mol. The van der Waals surface area contributed by atoms with Gasteiger partial charge in [0.15, 0.2) is 0 Å². The molecule has 0 spiro atoms. The van der Waals surface area contributed by atoms with Crippen LogP contribution in [-0.2, 0) is 9.47 Å². The summed E-state index contributed by atoms with van der Waals surface area (Å²) in [6.45, 7) is 9.32. The summed E-state index contributed by atoms with van der Waals surface area (Å²) in [6, 6.07) is 4.30. The van der Waals surface area contributed by atoms with Gasteiger partial charge in [0.2, 0.25) is 0 Å². The molecule has 136 valence electrons. The Labute approximate surface area is 145 Å². The van der Waals surface area contributed by atoms with Crippen LogP contribution in [0.2, 0.25) is 0 Å². The number of likely N-dealkylation sites (tertiary alicyclic amines) is 1. The van der Waals surface area contributed by atoms with Crippen molar-refractivity contribution in [1.29, 1.82) is 0 Å². The summed E-state index contributed by atoms with van der Waals surface area (Å²) in [5.41, 5.74) is 0.663. The topological polar surface area (TPSA) is 54.6 Å². The number of carbonyl (C=O) groups is 1. The van der Waals surface area contributed by atoms with E-state index in [1.807, 2.05) is 44.0 Å². The maximum atomic E-state index is 12.4. The van der Waals surface area contributed by atoms with Crippen LogP contribution >= 0.6 is 0 Å². The molecule has 1 saturated heterocycles. The molecule has 2 atom stereocenters. The van der Waals surface area contributed by atoms with Gasteiger partial charge in [-0.05, 0) is 71.9 Å². The van der Waals surface area contributed by atoms with Gasteiger partial charge in [-0.1, -0.05) is 0 Å². The minimum atomic E-state index is -0.437. The van der Waals surface area contributed by atoms with Crippen LogP contribution < -0.4 is 0 Å². The van der Waals surface area contributed by atoms with Crippen LogP contribution in [-0.4, -0.2) is 40.8 Å². The molecule has 24 heavy (non-hydrogen) atoms. The van der Waals surface area contributed by atoms with Gasteiger partial charge in [0.1, 0.15) is 5.60 Å². The Morgan fingerprint density at radius 1 is 1.42 bits per heavy atom. The molecule has 5 nitrogen and oxygen atoms in total. The van der Waals surface area contributed by atoms with Crippen LogP contribution in [0.5, 0.6) is 0 Å². The van der Waals surface area contributed by atoms with E-state index in [2.05, 4.69) is 11.9 Å². The van der Waals surface area contributed by atoms with Crippen LogP contribution in [0.3, 0.4) is 0 Å². The molecule has 1 aliphatic rings. The number of amides is 1. The number of hydrogen-bond acceptors (Lipinski definition) is 3. The standard InChI is InChI=1S/C19H32N2O3/c1-15(17-11-7-12-20-17)23-14-8-10-16-9-5-6-13-21(16)18(22)24-19(2,3)4/h7,11-12,15-16,20H,5-6,8-10,13-14H2,1-4H3. The molecule has 2 rings (SSSR count). The molecule has 2 unspecified atom stereocenters. The molecular weight excluding hydrogens is 304 g/mol. The van der Waals surface area contributed by atoms with Crippen molar-refractivity contribution in [2.45, 2.75) is 77.5 Å². The molecular formula is C19H32N2O3. The number of aromatic amines is 1. The highest BCUT2D eigenvalue weighted by molar-refractivity contribution is 5.68. The Kier molecular flexibility index (Phi) is 6.72. The van der Waals surface area contributed by atoms with Gasteiger partial charge in [0, 0.05) is 31.1 Å². The Hall–Kier alpha value is -1.49. The summed E-state index contributed by atoms with van der Waals surface area (Å²) >= 11 is 0. The number of hydrogen-bond donors (Lipinski definition) is 1. The quantitative estimate of drug-likeness (QED) is 0.769. The van der Waals surface area contributed by atoms with Crippen molar-refractivity contribution in [1.82, 2.24) is 9.88 Å². The summed E-state index contributed by atoms with van der Waals surface area (Å²) in [7, 11) is 0. The summed E-state index contributed by atoms with van der Waals surface area (Å²) in [5.74, 6) is 0. The van der Waals surface area contributed by atoms with E-state index in [4.69, 9.17) is 9.47 Å². The number of aromatic nitrogens is 1. The Morgan fingerprint density at radius 2 is 2.21 bits per heavy atom. The molecule has 0 radical (unpaired) electrons. The molecule has 1 fully saturated rings. The lowest BCUT2D eigenvalue weighted by Crippen LogP contribution is -2.46. The Balaban J connectivity index is 1.75. The van der Waals surface area contributed by atoms with E-state index < -0.39 is 5.60 Å². The van der Waals surface area contributed by atoms with E-state index in [0.29, 0.717) is 6.61 Å². The van der Waals surface area contributed by atoms with Gasteiger partial charge in [0.25, 0.3) is 0 Å². The van der Waals surface area contributed by atoms with Gasteiger partial charge in [-0.3, -0.25) is 0 Å². The highest BCUT2D eigenvalue weighted by atomic mass is 16.6. The molecule has 0 aromatic carbocycles. The zero-order valence-corrected chi connectivity index (χ0v) is 15.5. The fourth-order valence-corrected chi connectivity index (χ4v) is 3.13. The number of carbonyl (C=O) groups excluding carboxylic acids is 1. The first-order valence-corrected chi connectivity index (χ1v) is 9.11. The van der Waals surface area contributed by atoms with Gasteiger partial charge in [-0.2, -0.15) is 0 Å². The molecule has 5 heteroatoms. The third-order valence-electron chi connectivity index (χ3n) is 4.36. The van der Waals surface area contributed by atoms with E-state index in [1.54, 1.807) is 0 Å². The minimum Gasteiger partial charge on any atom is -0.444 e. The summed E-state index contributed by atoms with van der Waals surface area (Å²) < 4.78 is 11.4.